The fourth-order valence-electron chi connectivity index (χ4n) is 2.96. The molecule has 152 valence electrons. The number of nitrogens with zero attached hydrogens (tertiary/aromatic N) is 2. The van der Waals surface area contributed by atoms with Gasteiger partial charge in [-0.05, 0) is 48.9 Å². The van der Waals surface area contributed by atoms with Crippen molar-refractivity contribution >= 4 is 39.6 Å². The van der Waals surface area contributed by atoms with E-state index in [0.717, 1.165) is 26.7 Å². The number of hydrogen-bond donors (Lipinski definition) is 2. The number of nitrogens with one attached hydrogen (secondary N) is 2. The van der Waals surface area contributed by atoms with Crippen LogP contribution in [0.1, 0.15) is 27.7 Å². The molecule has 3 aromatic heterocycles. The lowest BCUT2D eigenvalue weighted by atomic mass is 10.1. The van der Waals surface area contributed by atoms with Gasteiger partial charge in [0.15, 0.2) is 5.13 Å². The van der Waals surface area contributed by atoms with Crippen molar-refractivity contribution in [2.75, 3.05) is 5.32 Å². The molecule has 4 aromatic rings. The van der Waals surface area contributed by atoms with Crippen molar-refractivity contribution in [1.29, 1.82) is 0 Å². The van der Waals surface area contributed by atoms with E-state index in [1.54, 1.807) is 11.3 Å². The van der Waals surface area contributed by atoms with Crippen LogP contribution < -0.4 is 10.6 Å². The molecule has 0 saturated heterocycles. The van der Waals surface area contributed by atoms with Crippen LogP contribution in [-0.4, -0.2) is 21.4 Å². The van der Waals surface area contributed by atoms with Gasteiger partial charge in [-0.15, -0.1) is 22.7 Å². The average molecular weight is 437 g/mol. The van der Waals surface area contributed by atoms with Crippen LogP contribution in [0.15, 0.2) is 60.2 Å². The van der Waals surface area contributed by atoms with Crippen LogP contribution in [0.4, 0.5) is 5.13 Å². The van der Waals surface area contributed by atoms with Crippen LogP contribution in [0.3, 0.4) is 0 Å². The Labute approximate surface area is 182 Å². The predicted molar refractivity (Wildman–Crippen MR) is 121 cm³/mol. The van der Waals surface area contributed by atoms with Crippen molar-refractivity contribution in [3.8, 4) is 16.3 Å². The van der Waals surface area contributed by atoms with Gasteiger partial charge in [-0.25, -0.2) is 4.98 Å². The largest absolute Gasteiger partial charge is 0.351 e. The second kappa shape index (κ2) is 8.64. The summed E-state index contributed by atoms with van der Waals surface area (Å²) in [5, 5.41) is 8.16. The van der Waals surface area contributed by atoms with Crippen LogP contribution in [0.25, 0.3) is 16.3 Å². The predicted octanol–water partition coefficient (Wildman–Crippen LogP) is 4.86. The summed E-state index contributed by atoms with van der Waals surface area (Å²) in [6.07, 6.45) is 3.91. The third-order valence-electron chi connectivity index (χ3n) is 4.50. The summed E-state index contributed by atoms with van der Waals surface area (Å²) in [6.45, 7) is 4.02. The zero-order valence-corrected chi connectivity index (χ0v) is 18.1. The van der Waals surface area contributed by atoms with E-state index in [1.165, 1.54) is 18.3 Å². The standard InChI is InChI=1S/C22H20N4O2S2/c1-14-5-6-16(11-19(14)26-9-3-4-10-26)21(28)25-22-24-18(13-29-22)20-8-7-17(30-20)12-23-15(2)27/h3-11,13H,12H2,1-2H3,(H,23,27)(H,24,25,28). The van der Waals surface area contributed by atoms with E-state index in [4.69, 9.17) is 0 Å². The van der Waals surface area contributed by atoms with Gasteiger partial charge >= 0.3 is 0 Å². The van der Waals surface area contributed by atoms with E-state index in [0.29, 0.717) is 17.2 Å². The van der Waals surface area contributed by atoms with Gasteiger partial charge in [-0.3, -0.25) is 14.9 Å². The average Bonchev–Trinajstić information content (AvgIpc) is 3.48. The van der Waals surface area contributed by atoms with Crippen LogP contribution >= 0.6 is 22.7 Å². The molecule has 4 rings (SSSR count). The van der Waals surface area contributed by atoms with E-state index < -0.39 is 0 Å². The number of anilines is 1. The first-order chi connectivity index (χ1) is 14.5. The number of aromatic nitrogens is 2. The Morgan fingerprint density at radius 2 is 1.93 bits per heavy atom. The van der Waals surface area contributed by atoms with Gasteiger partial charge in [0.1, 0.15) is 0 Å². The first kappa shape index (κ1) is 20.1. The molecule has 0 bridgehead atoms. The Balaban J connectivity index is 1.47. The molecule has 30 heavy (non-hydrogen) atoms. The van der Waals surface area contributed by atoms with Crippen molar-refractivity contribution in [2.45, 2.75) is 20.4 Å². The van der Waals surface area contributed by atoms with Crippen LogP contribution in [-0.2, 0) is 11.3 Å². The van der Waals surface area contributed by atoms with Crippen LogP contribution in [0.2, 0.25) is 0 Å². The molecule has 0 atom stereocenters. The van der Waals surface area contributed by atoms with Crippen LogP contribution in [0, 0.1) is 6.92 Å². The lowest BCUT2D eigenvalue weighted by Gasteiger charge is -2.10. The maximum atomic E-state index is 12.8. The number of hydrogen-bond acceptors (Lipinski definition) is 5. The Hall–Kier alpha value is -3.23. The summed E-state index contributed by atoms with van der Waals surface area (Å²) in [7, 11) is 0. The summed E-state index contributed by atoms with van der Waals surface area (Å²) < 4.78 is 1.99. The molecular formula is C22H20N4O2S2. The van der Waals surface area contributed by atoms with Gasteiger partial charge < -0.3 is 9.88 Å². The van der Waals surface area contributed by atoms with Gasteiger partial charge in [-0.2, -0.15) is 0 Å². The third kappa shape index (κ3) is 4.50. The Bertz CT molecular complexity index is 1190. The highest BCUT2D eigenvalue weighted by Gasteiger charge is 2.13. The monoisotopic (exact) mass is 436 g/mol. The van der Waals surface area contributed by atoms with Gasteiger partial charge in [0, 0.05) is 40.8 Å². The maximum Gasteiger partial charge on any atom is 0.257 e. The number of carbonyl (C=O) groups is 2. The Kier molecular flexibility index (Phi) is 5.78. The minimum Gasteiger partial charge on any atom is -0.351 e. The molecule has 0 radical (unpaired) electrons. The van der Waals surface area contributed by atoms with Crippen molar-refractivity contribution in [3.63, 3.8) is 0 Å². The number of aryl methyl sites for hydroxylation is 1. The van der Waals surface area contributed by atoms with E-state index in [9.17, 15) is 9.59 Å². The van der Waals surface area contributed by atoms with E-state index in [-0.39, 0.29) is 11.8 Å². The molecule has 8 heteroatoms. The number of thiophene rings is 1. The second-order valence-corrected chi connectivity index (χ2v) is 8.79. The number of rotatable bonds is 6. The second-order valence-electron chi connectivity index (χ2n) is 6.76. The van der Waals surface area contributed by atoms with E-state index in [1.807, 2.05) is 71.7 Å². The normalized spacial score (nSPS) is 10.7. The van der Waals surface area contributed by atoms with Gasteiger partial charge in [0.2, 0.25) is 5.91 Å². The molecule has 2 N–H and O–H groups in total. The smallest absolute Gasteiger partial charge is 0.257 e. The van der Waals surface area contributed by atoms with E-state index in [2.05, 4.69) is 15.6 Å². The SMILES string of the molecule is CC(=O)NCc1ccc(-c2csc(NC(=O)c3ccc(C)c(-n4cccc4)c3)n2)s1. The molecule has 0 saturated carbocycles. The fraction of sp³-hybridized carbons (Fsp3) is 0.136. The summed E-state index contributed by atoms with van der Waals surface area (Å²) in [5.41, 5.74) is 3.45. The Morgan fingerprint density at radius 1 is 1.13 bits per heavy atom. The molecule has 3 heterocycles. The zero-order valence-electron chi connectivity index (χ0n) is 16.5. The van der Waals surface area contributed by atoms with Crippen molar-refractivity contribution in [1.82, 2.24) is 14.9 Å². The quantitative estimate of drug-likeness (QED) is 0.453. The minimum atomic E-state index is -0.193. The molecule has 1 aromatic carbocycles. The zero-order chi connectivity index (χ0) is 21.1. The molecule has 0 fully saturated rings. The molecule has 0 aliphatic rings. The number of carbonyl (C=O) groups excluding carboxylic acids is 2. The summed E-state index contributed by atoms with van der Waals surface area (Å²) in [4.78, 5) is 30.4. The Morgan fingerprint density at radius 3 is 2.70 bits per heavy atom. The molecule has 0 aliphatic carbocycles. The summed E-state index contributed by atoms with van der Waals surface area (Å²) in [5.74, 6) is -0.249. The third-order valence-corrected chi connectivity index (χ3v) is 6.37. The first-order valence-electron chi connectivity index (χ1n) is 9.34. The van der Waals surface area contributed by atoms with Crippen molar-refractivity contribution in [3.05, 3.63) is 76.2 Å². The molecule has 0 unspecified atom stereocenters. The molecule has 0 aliphatic heterocycles. The topological polar surface area (TPSA) is 76.0 Å². The number of thiazole rings is 1. The lowest BCUT2D eigenvalue weighted by Crippen LogP contribution is -2.17. The van der Waals surface area contributed by atoms with Gasteiger partial charge in [-0.1, -0.05) is 6.07 Å². The van der Waals surface area contributed by atoms with Crippen LogP contribution in [0.5, 0.6) is 0 Å². The highest BCUT2D eigenvalue weighted by Crippen LogP contribution is 2.31. The van der Waals surface area contributed by atoms with Gasteiger partial charge in [0.25, 0.3) is 5.91 Å². The lowest BCUT2D eigenvalue weighted by molar-refractivity contribution is -0.119. The summed E-state index contributed by atoms with van der Waals surface area (Å²) >= 11 is 2.96. The molecule has 2 amide bonds. The van der Waals surface area contributed by atoms with Crippen molar-refractivity contribution < 1.29 is 9.59 Å². The fourth-order valence-corrected chi connectivity index (χ4v) is 4.65. The molecule has 6 nitrogen and oxygen atoms in total. The first-order valence-corrected chi connectivity index (χ1v) is 11.0. The number of benzene rings is 1. The van der Waals surface area contributed by atoms with E-state index >= 15 is 0 Å². The molecular weight excluding hydrogens is 416 g/mol. The number of amides is 2. The molecule has 0 spiro atoms. The maximum absolute atomic E-state index is 12.8. The summed E-state index contributed by atoms with van der Waals surface area (Å²) in [6, 6.07) is 13.5. The highest BCUT2D eigenvalue weighted by molar-refractivity contribution is 7.17. The minimum absolute atomic E-state index is 0.0559. The highest BCUT2D eigenvalue weighted by atomic mass is 32.1. The van der Waals surface area contributed by atoms with Crippen molar-refractivity contribution in [2.24, 2.45) is 0 Å². The van der Waals surface area contributed by atoms with Gasteiger partial charge in [0.05, 0.1) is 17.1 Å².